The van der Waals surface area contributed by atoms with E-state index in [-0.39, 0.29) is 23.2 Å². The van der Waals surface area contributed by atoms with Gasteiger partial charge >= 0.3 is 0 Å². The molecular weight excluding hydrogens is 264 g/mol. The lowest BCUT2D eigenvalue weighted by Crippen LogP contribution is -2.16. The Morgan fingerprint density at radius 1 is 1.32 bits per heavy atom. The molecule has 104 valence electrons. The number of carbonyl (C=O) groups excluding carboxylic acids is 1. The Balaban J connectivity index is 1.86. The minimum absolute atomic E-state index is 0.0362. The van der Waals surface area contributed by atoms with Gasteiger partial charge in [0.1, 0.15) is 11.5 Å². The van der Waals surface area contributed by atoms with Gasteiger partial charge in [-0.15, -0.1) is 0 Å². The van der Waals surface area contributed by atoms with Crippen LogP contribution in [0.2, 0.25) is 0 Å². The number of ketones is 1. The Morgan fingerprint density at radius 3 is 2.53 bits per heavy atom. The molecule has 0 N–H and O–H groups in total. The second kappa shape index (κ2) is 5.74. The molecule has 0 radical (unpaired) electrons. The van der Waals surface area contributed by atoms with Gasteiger partial charge < -0.3 is 4.74 Å². The van der Waals surface area contributed by atoms with Crippen molar-refractivity contribution in [1.29, 1.82) is 0 Å². The molecule has 1 aromatic carbocycles. The second-order valence-corrected chi connectivity index (χ2v) is 7.14. The van der Waals surface area contributed by atoms with Crippen LogP contribution in [0.1, 0.15) is 18.4 Å². The lowest BCUT2D eigenvalue weighted by Gasteiger charge is -2.07. The van der Waals surface area contributed by atoms with Crippen LogP contribution >= 0.6 is 0 Å². The molecule has 2 rings (SSSR count). The maximum atomic E-state index is 11.9. The summed E-state index contributed by atoms with van der Waals surface area (Å²) in [5, 5.41) is 0. The monoisotopic (exact) mass is 282 g/mol. The van der Waals surface area contributed by atoms with E-state index in [9.17, 15) is 13.2 Å². The Kier molecular flexibility index (Phi) is 4.24. The molecule has 1 saturated heterocycles. The summed E-state index contributed by atoms with van der Waals surface area (Å²) in [6, 6.07) is 7.58. The maximum Gasteiger partial charge on any atom is 0.151 e. The van der Waals surface area contributed by atoms with E-state index in [4.69, 9.17) is 4.74 Å². The maximum absolute atomic E-state index is 11.9. The van der Waals surface area contributed by atoms with Crippen molar-refractivity contribution in [2.75, 3.05) is 18.6 Å². The molecule has 1 atom stereocenters. The topological polar surface area (TPSA) is 60.4 Å². The van der Waals surface area contributed by atoms with E-state index in [1.54, 1.807) is 7.11 Å². The van der Waals surface area contributed by atoms with Crippen molar-refractivity contribution in [3.8, 4) is 5.75 Å². The van der Waals surface area contributed by atoms with Gasteiger partial charge in [-0.3, -0.25) is 4.79 Å². The van der Waals surface area contributed by atoms with E-state index in [1.165, 1.54) is 0 Å². The first-order chi connectivity index (χ1) is 9.00. The van der Waals surface area contributed by atoms with E-state index >= 15 is 0 Å². The molecule has 19 heavy (non-hydrogen) atoms. The number of hydrogen-bond donors (Lipinski definition) is 0. The third-order valence-electron chi connectivity index (χ3n) is 3.51. The van der Waals surface area contributed by atoms with Crippen LogP contribution in [0.15, 0.2) is 24.3 Å². The van der Waals surface area contributed by atoms with Gasteiger partial charge in [-0.05, 0) is 30.5 Å². The molecule has 1 aromatic rings. The normalized spacial score (nSPS) is 21.2. The molecular formula is C14H18O4S. The van der Waals surface area contributed by atoms with Crippen molar-refractivity contribution < 1.29 is 17.9 Å². The number of benzene rings is 1. The molecule has 0 saturated carbocycles. The molecule has 1 unspecified atom stereocenters. The molecule has 1 fully saturated rings. The summed E-state index contributed by atoms with van der Waals surface area (Å²) >= 11 is 0. The summed E-state index contributed by atoms with van der Waals surface area (Å²) in [5.41, 5.74) is 1.06. The summed E-state index contributed by atoms with van der Waals surface area (Å²) in [4.78, 5) is 11.9. The number of rotatable bonds is 5. The van der Waals surface area contributed by atoms with Gasteiger partial charge in [0, 0.05) is 12.3 Å². The third-order valence-corrected chi connectivity index (χ3v) is 5.27. The van der Waals surface area contributed by atoms with Crippen LogP contribution in [0.25, 0.3) is 0 Å². The quantitative estimate of drug-likeness (QED) is 0.823. The SMILES string of the molecule is COc1ccc(CCC(=O)C2CCS(=O)(=O)C2)cc1. The van der Waals surface area contributed by atoms with Crippen LogP contribution in [0.4, 0.5) is 0 Å². The molecule has 1 aliphatic rings. The van der Waals surface area contributed by atoms with Gasteiger partial charge in [0.25, 0.3) is 0 Å². The molecule has 4 nitrogen and oxygen atoms in total. The molecule has 0 aromatic heterocycles. The van der Waals surface area contributed by atoms with E-state index < -0.39 is 9.84 Å². The molecule has 1 heterocycles. The van der Waals surface area contributed by atoms with Crippen molar-refractivity contribution in [3.05, 3.63) is 29.8 Å². The predicted octanol–water partition coefficient (Wildman–Crippen LogP) is 1.63. The largest absolute Gasteiger partial charge is 0.497 e. The molecule has 0 amide bonds. The van der Waals surface area contributed by atoms with Gasteiger partial charge in [0.05, 0.1) is 18.6 Å². The van der Waals surface area contributed by atoms with Gasteiger partial charge in [-0.1, -0.05) is 12.1 Å². The highest BCUT2D eigenvalue weighted by atomic mass is 32.2. The Bertz CT molecular complexity index is 545. The second-order valence-electron chi connectivity index (χ2n) is 4.91. The smallest absolute Gasteiger partial charge is 0.151 e. The van der Waals surface area contributed by atoms with Crippen LogP contribution in [-0.2, 0) is 21.1 Å². The summed E-state index contributed by atoms with van der Waals surface area (Å²) in [7, 11) is -1.36. The number of sulfone groups is 1. The van der Waals surface area contributed by atoms with Crippen molar-refractivity contribution in [1.82, 2.24) is 0 Å². The number of aryl methyl sites for hydroxylation is 1. The lowest BCUT2D eigenvalue weighted by molar-refractivity contribution is -0.122. The highest BCUT2D eigenvalue weighted by Crippen LogP contribution is 2.21. The number of Topliss-reactive ketones (excluding diaryl/α,β-unsaturated/α-hetero) is 1. The number of ether oxygens (including phenoxy) is 1. The first-order valence-corrected chi connectivity index (χ1v) is 8.18. The van der Waals surface area contributed by atoms with Gasteiger partial charge in [-0.2, -0.15) is 0 Å². The minimum atomic E-state index is -2.97. The zero-order chi connectivity index (χ0) is 13.9. The van der Waals surface area contributed by atoms with E-state index in [1.807, 2.05) is 24.3 Å². The van der Waals surface area contributed by atoms with E-state index in [2.05, 4.69) is 0 Å². The molecule has 0 bridgehead atoms. The minimum Gasteiger partial charge on any atom is -0.497 e. The van der Waals surface area contributed by atoms with Gasteiger partial charge in [0.15, 0.2) is 9.84 Å². The zero-order valence-corrected chi connectivity index (χ0v) is 11.8. The van der Waals surface area contributed by atoms with E-state index in [0.717, 1.165) is 11.3 Å². The summed E-state index contributed by atoms with van der Waals surface area (Å²) < 4.78 is 27.7. The van der Waals surface area contributed by atoms with Crippen LogP contribution in [-0.4, -0.2) is 32.8 Å². The van der Waals surface area contributed by atoms with Crippen molar-refractivity contribution >= 4 is 15.6 Å². The van der Waals surface area contributed by atoms with Crippen LogP contribution in [0.3, 0.4) is 0 Å². The fourth-order valence-electron chi connectivity index (χ4n) is 2.31. The van der Waals surface area contributed by atoms with Crippen molar-refractivity contribution in [2.24, 2.45) is 5.92 Å². The fourth-order valence-corrected chi connectivity index (χ4v) is 4.09. The van der Waals surface area contributed by atoms with Crippen LogP contribution in [0, 0.1) is 5.92 Å². The Labute approximate surface area is 113 Å². The van der Waals surface area contributed by atoms with Crippen LogP contribution in [0.5, 0.6) is 5.75 Å². The average Bonchev–Trinajstić information content (AvgIpc) is 2.77. The summed E-state index contributed by atoms with van der Waals surface area (Å²) in [5.74, 6) is 0.762. The van der Waals surface area contributed by atoms with Crippen molar-refractivity contribution in [2.45, 2.75) is 19.3 Å². The molecule has 5 heteroatoms. The first kappa shape index (κ1) is 14.1. The highest BCUT2D eigenvalue weighted by molar-refractivity contribution is 7.91. The number of methoxy groups -OCH3 is 1. The predicted molar refractivity (Wildman–Crippen MR) is 73.1 cm³/mol. The number of carbonyl (C=O) groups is 1. The van der Waals surface area contributed by atoms with E-state index in [0.29, 0.717) is 19.3 Å². The highest BCUT2D eigenvalue weighted by Gasteiger charge is 2.32. The zero-order valence-electron chi connectivity index (χ0n) is 11.0. The number of hydrogen-bond acceptors (Lipinski definition) is 4. The average molecular weight is 282 g/mol. The Hall–Kier alpha value is -1.36. The van der Waals surface area contributed by atoms with Crippen LogP contribution < -0.4 is 4.74 Å². The first-order valence-electron chi connectivity index (χ1n) is 6.36. The lowest BCUT2D eigenvalue weighted by atomic mass is 9.98. The third kappa shape index (κ3) is 3.80. The molecule has 0 aliphatic carbocycles. The standard InChI is InChI=1S/C14H18O4S/c1-18-13-5-2-11(3-6-13)4-7-14(15)12-8-9-19(16,17)10-12/h2-3,5-6,12H,4,7-10H2,1H3. The Morgan fingerprint density at radius 2 is 2.00 bits per heavy atom. The van der Waals surface area contributed by atoms with Gasteiger partial charge in [0.2, 0.25) is 0 Å². The van der Waals surface area contributed by atoms with Crippen molar-refractivity contribution in [3.63, 3.8) is 0 Å². The molecule has 1 aliphatic heterocycles. The molecule has 0 spiro atoms. The summed E-state index contributed by atoms with van der Waals surface area (Å²) in [6.45, 7) is 0. The van der Waals surface area contributed by atoms with Gasteiger partial charge in [-0.25, -0.2) is 8.42 Å². The summed E-state index contributed by atoms with van der Waals surface area (Å²) in [6.07, 6.45) is 1.55. The fraction of sp³-hybridized carbons (Fsp3) is 0.500.